The van der Waals surface area contributed by atoms with E-state index in [1.54, 1.807) is 4.90 Å². The molecule has 0 spiro atoms. The first-order valence-electron chi connectivity index (χ1n) is 13.4. The maximum Gasteiger partial charge on any atom is 0.255 e. The zero-order valence-corrected chi connectivity index (χ0v) is 22.4. The Kier molecular flexibility index (Phi) is 6.27. The van der Waals surface area contributed by atoms with Gasteiger partial charge in [0.1, 0.15) is 12.6 Å². The SMILES string of the molecule is Cc1ccc(C2c3cccn3-c3ccccc3N2C(=O)CN(C(=O)c2cccc3ccccc23)C(C)C)cc1. The number of hydrogen-bond donors (Lipinski definition) is 0. The van der Waals surface area contributed by atoms with Crippen LogP contribution in [0.3, 0.4) is 0 Å². The van der Waals surface area contributed by atoms with E-state index in [4.69, 9.17) is 0 Å². The van der Waals surface area contributed by atoms with Gasteiger partial charge in [-0.15, -0.1) is 0 Å². The molecule has 0 saturated heterocycles. The van der Waals surface area contributed by atoms with E-state index >= 15 is 0 Å². The lowest BCUT2D eigenvalue weighted by Gasteiger charge is -2.40. The topological polar surface area (TPSA) is 45.6 Å². The summed E-state index contributed by atoms with van der Waals surface area (Å²) in [4.78, 5) is 31.9. The number of benzene rings is 4. The second-order valence-corrected chi connectivity index (χ2v) is 10.4. The third kappa shape index (κ3) is 4.30. The van der Waals surface area contributed by atoms with Crippen molar-refractivity contribution in [2.45, 2.75) is 32.9 Å². The Morgan fingerprint density at radius 2 is 1.49 bits per heavy atom. The summed E-state index contributed by atoms with van der Waals surface area (Å²) in [6.07, 6.45) is 2.04. The monoisotopic (exact) mass is 513 g/mol. The smallest absolute Gasteiger partial charge is 0.255 e. The molecule has 4 aromatic carbocycles. The molecular weight excluding hydrogens is 482 g/mol. The molecule has 0 bridgehead atoms. The number of rotatable bonds is 5. The molecule has 0 N–H and O–H groups in total. The molecule has 5 nitrogen and oxygen atoms in total. The van der Waals surface area contributed by atoms with Gasteiger partial charge in [0.15, 0.2) is 0 Å². The molecule has 5 heteroatoms. The van der Waals surface area contributed by atoms with E-state index in [1.165, 1.54) is 0 Å². The van der Waals surface area contributed by atoms with Crippen molar-refractivity contribution in [3.8, 4) is 5.69 Å². The summed E-state index contributed by atoms with van der Waals surface area (Å²) < 4.78 is 2.16. The Bertz CT molecular complexity index is 1680. The molecule has 194 valence electrons. The number of aromatic nitrogens is 1. The van der Waals surface area contributed by atoms with E-state index in [0.29, 0.717) is 5.56 Å². The van der Waals surface area contributed by atoms with Crippen LogP contribution in [0.25, 0.3) is 16.5 Å². The highest BCUT2D eigenvalue weighted by molar-refractivity contribution is 6.09. The normalized spacial score (nSPS) is 14.3. The number of fused-ring (bicyclic) bond motifs is 4. The van der Waals surface area contributed by atoms with Crippen molar-refractivity contribution < 1.29 is 9.59 Å². The van der Waals surface area contributed by atoms with Crippen molar-refractivity contribution >= 4 is 28.3 Å². The lowest BCUT2D eigenvalue weighted by Crippen LogP contribution is -2.48. The first-order chi connectivity index (χ1) is 18.9. The van der Waals surface area contributed by atoms with Gasteiger partial charge in [0, 0.05) is 17.8 Å². The Hall–Kier alpha value is -4.64. The molecule has 5 aromatic rings. The first kappa shape index (κ1) is 24.7. The molecule has 1 unspecified atom stereocenters. The molecule has 2 amide bonds. The molecule has 39 heavy (non-hydrogen) atoms. The van der Waals surface area contributed by atoms with Gasteiger partial charge in [-0.1, -0.05) is 78.4 Å². The molecule has 0 saturated carbocycles. The summed E-state index contributed by atoms with van der Waals surface area (Å²) in [5.74, 6) is -0.265. The molecule has 2 heterocycles. The van der Waals surface area contributed by atoms with Crippen LogP contribution in [0, 0.1) is 6.92 Å². The highest BCUT2D eigenvalue weighted by Gasteiger charge is 2.37. The van der Waals surface area contributed by atoms with Gasteiger partial charge in [0.05, 0.1) is 17.1 Å². The van der Waals surface area contributed by atoms with E-state index in [9.17, 15) is 9.59 Å². The molecule has 1 aromatic heterocycles. The van der Waals surface area contributed by atoms with Gasteiger partial charge in [-0.3, -0.25) is 14.5 Å². The summed E-state index contributed by atoms with van der Waals surface area (Å²) in [5.41, 5.74) is 5.60. The Morgan fingerprint density at radius 3 is 2.26 bits per heavy atom. The van der Waals surface area contributed by atoms with E-state index < -0.39 is 0 Å². The highest BCUT2D eigenvalue weighted by Crippen LogP contribution is 2.42. The predicted octanol–water partition coefficient (Wildman–Crippen LogP) is 6.93. The van der Waals surface area contributed by atoms with E-state index in [1.807, 2.05) is 97.7 Å². The number of hydrogen-bond acceptors (Lipinski definition) is 2. The molecule has 1 aliphatic heterocycles. The average molecular weight is 514 g/mol. The second-order valence-electron chi connectivity index (χ2n) is 10.4. The van der Waals surface area contributed by atoms with Crippen LogP contribution in [-0.4, -0.2) is 33.9 Å². The largest absolute Gasteiger partial charge is 0.327 e. The summed E-state index contributed by atoms with van der Waals surface area (Å²) in [7, 11) is 0. The van der Waals surface area contributed by atoms with Crippen LogP contribution < -0.4 is 4.90 Å². The number of nitrogens with zero attached hydrogens (tertiary/aromatic N) is 3. The van der Waals surface area contributed by atoms with Gasteiger partial charge in [0.2, 0.25) is 5.91 Å². The minimum Gasteiger partial charge on any atom is -0.327 e. The van der Waals surface area contributed by atoms with Crippen molar-refractivity contribution in [1.29, 1.82) is 0 Å². The van der Waals surface area contributed by atoms with E-state index in [0.717, 1.165) is 39.0 Å². The Labute approximate surface area is 228 Å². The van der Waals surface area contributed by atoms with Gasteiger partial charge >= 0.3 is 0 Å². The third-order valence-electron chi connectivity index (χ3n) is 7.59. The van der Waals surface area contributed by atoms with Crippen LogP contribution in [0.5, 0.6) is 0 Å². The van der Waals surface area contributed by atoms with Gasteiger partial charge in [-0.05, 0) is 67.4 Å². The van der Waals surface area contributed by atoms with E-state index in [2.05, 4.69) is 41.8 Å². The lowest BCUT2D eigenvalue weighted by molar-refractivity contribution is -0.120. The Morgan fingerprint density at radius 1 is 0.795 bits per heavy atom. The zero-order chi connectivity index (χ0) is 27.1. The molecule has 0 aliphatic carbocycles. The van der Waals surface area contributed by atoms with Crippen molar-refractivity contribution in [2.75, 3.05) is 11.4 Å². The number of carbonyl (C=O) groups is 2. The zero-order valence-electron chi connectivity index (χ0n) is 22.4. The molecule has 1 aliphatic rings. The van der Waals surface area contributed by atoms with Gasteiger partial charge in [0.25, 0.3) is 5.91 Å². The highest BCUT2D eigenvalue weighted by atomic mass is 16.2. The maximum absolute atomic E-state index is 14.4. The first-order valence-corrected chi connectivity index (χ1v) is 13.4. The number of amides is 2. The van der Waals surface area contributed by atoms with Crippen molar-refractivity contribution in [2.24, 2.45) is 0 Å². The van der Waals surface area contributed by atoms with Crippen LogP contribution in [0.1, 0.15) is 47.1 Å². The van der Waals surface area contributed by atoms with Crippen molar-refractivity contribution in [3.05, 3.63) is 132 Å². The maximum atomic E-state index is 14.4. The molecule has 6 rings (SSSR count). The van der Waals surface area contributed by atoms with Crippen LogP contribution in [-0.2, 0) is 4.79 Å². The fourth-order valence-electron chi connectivity index (χ4n) is 5.60. The summed E-state index contributed by atoms with van der Waals surface area (Å²) in [6.45, 7) is 5.95. The van der Waals surface area contributed by atoms with E-state index in [-0.39, 0.29) is 30.4 Å². The summed E-state index contributed by atoms with van der Waals surface area (Å²) in [6, 6.07) is 33.6. The quantitative estimate of drug-likeness (QED) is 0.256. The summed E-state index contributed by atoms with van der Waals surface area (Å²) in [5, 5.41) is 1.89. The molecule has 1 atom stereocenters. The lowest BCUT2D eigenvalue weighted by atomic mass is 9.96. The minimum absolute atomic E-state index is 0.0306. The van der Waals surface area contributed by atoms with Crippen LogP contribution in [0.15, 0.2) is 109 Å². The second kappa shape index (κ2) is 9.91. The minimum atomic E-state index is -0.315. The molecular formula is C34H31N3O2. The van der Waals surface area contributed by atoms with Crippen LogP contribution >= 0.6 is 0 Å². The molecule has 0 fully saturated rings. The Balaban J connectivity index is 1.42. The standard InChI is InChI=1S/C34H31N3O2/c1-23(2)36(34(39)28-13-8-11-25-10-4-5-12-27(25)28)22-32(38)37-30-15-7-6-14-29(30)35-21-9-16-31(35)33(37)26-19-17-24(3)18-20-26/h4-21,23,33H,22H2,1-3H3. The third-order valence-corrected chi connectivity index (χ3v) is 7.59. The van der Waals surface area contributed by atoms with Gasteiger partial charge in [-0.25, -0.2) is 0 Å². The van der Waals surface area contributed by atoms with Gasteiger partial charge < -0.3 is 9.47 Å². The molecule has 0 radical (unpaired) electrons. The van der Waals surface area contributed by atoms with Crippen LogP contribution in [0.2, 0.25) is 0 Å². The fourth-order valence-corrected chi connectivity index (χ4v) is 5.60. The summed E-state index contributed by atoms with van der Waals surface area (Å²) >= 11 is 0. The van der Waals surface area contributed by atoms with Gasteiger partial charge in [-0.2, -0.15) is 0 Å². The van der Waals surface area contributed by atoms with Crippen LogP contribution in [0.4, 0.5) is 5.69 Å². The van der Waals surface area contributed by atoms with Crippen molar-refractivity contribution in [1.82, 2.24) is 9.47 Å². The number of anilines is 1. The average Bonchev–Trinajstić information content (AvgIpc) is 3.45. The number of aryl methyl sites for hydroxylation is 1. The van der Waals surface area contributed by atoms with Crippen molar-refractivity contribution in [3.63, 3.8) is 0 Å². The number of carbonyl (C=O) groups excluding carboxylic acids is 2. The fraction of sp³-hybridized carbons (Fsp3) is 0.176. The predicted molar refractivity (Wildman–Crippen MR) is 156 cm³/mol. The number of para-hydroxylation sites is 2.